The van der Waals surface area contributed by atoms with Gasteiger partial charge in [0.1, 0.15) is 5.60 Å². The van der Waals surface area contributed by atoms with Crippen molar-refractivity contribution in [3.05, 3.63) is 91.7 Å². The van der Waals surface area contributed by atoms with Crippen molar-refractivity contribution in [1.82, 2.24) is 10.2 Å². The summed E-state index contributed by atoms with van der Waals surface area (Å²) in [6, 6.07) is 15.8. The van der Waals surface area contributed by atoms with E-state index in [1.165, 1.54) is 5.56 Å². The van der Waals surface area contributed by atoms with Crippen LogP contribution in [0.5, 0.6) is 0 Å². The number of rotatable bonds is 15. The standard InChI is InChI=1S/C27H38N8O2/c1-27(2,3)37-26(36)35(21-25-14-12-24(13-15-25)20-32-34-29)17-7-5-4-6-16-30-18-22-8-10-23(11-9-22)19-31-33-28/h8-15,30H,4-7,16-21H2,1-3H3. The molecule has 0 unspecified atom stereocenters. The van der Waals surface area contributed by atoms with Crippen molar-refractivity contribution in [2.24, 2.45) is 10.2 Å². The number of ether oxygens (including phenoxy) is 1. The highest BCUT2D eigenvalue weighted by atomic mass is 16.6. The fourth-order valence-corrected chi connectivity index (χ4v) is 3.66. The van der Waals surface area contributed by atoms with E-state index in [1.807, 2.05) is 69.3 Å². The lowest BCUT2D eigenvalue weighted by atomic mass is 10.1. The zero-order valence-electron chi connectivity index (χ0n) is 22.1. The van der Waals surface area contributed by atoms with Gasteiger partial charge in [-0.15, -0.1) is 0 Å². The highest BCUT2D eigenvalue weighted by molar-refractivity contribution is 5.68. The lowest BCUT2D eigenvalue weighted by Gasteiger charge is -2.27. The van der Waals surface area contributed by atoms with Crippen LogP contribution in [0.2, 0.25) is 0 Å². The third-order valence-electron chi connectivity index (χ3n) is 5.56. The van der Waals surface area contributed by atoms with Gasteiger partial charge in [-0.2, -0.15) is 0 Å². The van der Waals surface area contributed by atoms with Gasteiger partial charge in [-0.25, -0.2) is 4.79 Å². The van der Waals surface area contributed by atoms with Gasteiger partial charge in [0.2, 0.25) is 0 Å². The fraction of sp³-hybridized carbons (Fsp3) is 0.519. The lowest BCUT2D eigenvalue weighted by molar-refractivity contribution is 0.0230. The molecule has 2 rings (SSSR count). The number of carbonyl (C=O) groups is 1. The summed E-state index contributed by atoms with van der Waals surface area (Å²) in [5, 5.41) is 10.6. The third kappa shape index (κ3) is 12.7. The summed E-state index contributed by atoms with van der Waals surface area (Å²) in [4.78, 5) is 20.1. The molecule has 0 spiro atoms. The summed E-state index contributed by atoms with van der Waals surface area (Å²) in [5.74, 6) is 0. The van der Waals surface area contributed by atoms with E-state index in [-0.39, 0.29) is 6.09 Å². The molecule has 0 bridgehead atoms. The Kier molecular flexibility index (Phi) is 12.9. The maximum Gasteiger partial charge on any atom is 0.410 e. The molecular weight excluding hydrogens is 468 g/mol. The first kappa shape index (κ1) is 29.5. The molecule has 0 aliphatic carbocycles. The average Bonchev–Trinajstić information content (AvgIpc) is 2.87. The van der Waals surface area contributed by atoms with Crippen molar-refractivity contribution in [3.8, 4) is 0 Å². The molecule has 0 saturated carbocycles. The van der Waals surface area contributed by atoms with E-state index in [4.69, 9.17) is 15.8 Å². The molecule has 1 amide bonds. The monoisotopic (exact) mass is 506 g/mol. The van der Waals surface area contributed by atoms with Gasteiger partial charge < -0.3 is 15.0 Å². The van der Waals surface area contributed by atoms with Gasteiger partial charge in [0.05, 0.1) is 13.1 Å². The van der Waals surface area contributed by atoms with Crippen LogP contribution in [0.4, 0.5) is 4.79 Å². The van der Waals surface area contributed by atoms with Crippen LogP contribution in [0.3, 0.4) is 0 Å². The van der Waals surface area contributed by atoms with E-state index in [2.05, 4.69) is 25.4 Å². The minimum atomic E-state index is -0.551. The molecule has 0 heterocycles. The molecule has 0 fully saturated rings. The largest absolute Gasteiger partial charge is 0.444 e. The van der Waals surface area contributed by atoms with E-state index >= 15 is 0 Å². The summed E-state index contributed by atoms with van der Waals surface area (Å²) < 4.78 is 5.63. The van der Waals surface area contributed by atoms with Gasteiger partial charge in [0.25, 0.3) is 0 Å². The zero-order valence-corrected chi connectivity index (χ0v) is 22.1. The number of hydrogen-bond acceptors (Lipinski definition) is 5. The molecule has 1 N–H and O–H groups in total. The molecule has 0 atom stereocenters. The minimum Gasteiger partial charge on any atom is -0.444 e. The van der Waals surface area contributed by atoms with Gasteiger partial charge in [0, 0.05) is 29.5 Å². The molecule has 37 heavy (non-hydrogen) atoms. The molecule has 0 aliphatic heterocycles. The zero-order chi connectivity index (χ0) is 26.9. The smallest absolute Gasteiger partial charge is 0.410 e. The topological polar surface area (TPSA) is 139 Å². The van der Waals surface area contributed by atoms with Crippen LogP contribution in [-0.4, -0.2) is 29.7 Å². The van der Waals surface area contributed by atoms with Crippen LogP contribution in [0, 0.1) is 0 Å². The van der Waals surface area contributed by atoms with Crippen LogP contribution >= 0.6 is 0 Å². The van der Waals surface area contributed by atoms with Gasteiger partial charge in [-0.1, -0.05) is 71.6 Å². The second-order valence-corrected chi connectivity index (χ2v) is 9.90. The van der Waals surface area contributed by atoms with Gasteiger partial charge in [0.15, 0.2) is 0 Å². The molecule has 0 aromatic heterocycles. The Hall–Kier alpha value is -3.71. The summed E-state index contributed by atoms with van der Waals surface area (Å²) in [5.41, 5.74) is 20.5. The Morgan fingerprint density at radius 3 is 1.89 bits per heavy atom. The molecule has 2 aromatic rings. The number of benzene rings is 2. The predicted octanol–water partition coefficient (Wildman–Crippen LogP) is 7.39. The molecule has 198 valence electrons. The van der Waals surface area contributed by atoms with Crippen LogP contribution in [0.25, 0.3) is 20.9 Å². The quantitative estimate of drug-likeness (QED) is 0.116. The Bertz CT molecular complexity index is 1050. The van der Waals surface area contributed by atoms with Gasteiger partial charge in [-0.3, -0.25) is 0 Å². The predicted molar refractivity (Wildman–Crippen MR) is 145 cm³/mol. The average molecular weight is 507 g/mol. The minimum absolute atomic E-state index is 0.308. The number of carbonyl (C=O) groups excluding carboxylic acids is 1. The van der Waals surface area contributed by atoms with E-state index in [0.29, 0.717) is 26.2 Å². The molecule has 0 aliphatic rings. The van der Waals surface area contributed by atoms with E-state index in [9.17, 15) is 4.79 Å². The molecular formula is C27H38N8O2. The van der Waals surface area contributed by atoms with E-state index in [0.717, 1.165) is 55.5 Å². The summed E-state index contributed by atoms with van der Waals surface area (Å²) in [6.07, 6.45) is 3.77. The molecule has 10 heteroatoms. The maximum atomic E-state index is 12.8. The van der Waals surface area contributed by atoms with Crippen LogP contribution in [0.1, 0.15) is 68.7 Å². The van der Waals surface area contributed by atoms with E-state index in [1.54, 1.807) is 4.90 Å². The Labute approximate surface area is 219 Å². The summed E-state index contributed by atoms with van der Waals surface area (Å²) in [6.45, 7) is 9.14. The van der Waals surface area contributed by atoms with Crippen LogP contribution < -0.4 is 5.32 Å². The van der Waals surface area contributed by atoms with Gasteiger partial charge in [-0.05, 0) is 73.5 Å². The highest BCUT2D eigenvalue weighted by Gasteiger charge is 2.22. The number of unbranched alkanes of at least 4 members (excludes halogenated alkanes) is 3. The highest BCUT2D eigenvalue weighted by Crippen LogP contribution is 2.15. The fourth-order valence-electron chi connectivity index (χ4n) is 3.66. The summed E-state index contributed by atoms with van der Waals surface area (Å²) in [7, 11) is 0. The van der Waals surface area contributed by atoms with Crippen LogP contribution in [0.15, 0.2) is 58.8 Å². The lowest BCUT2D eigenvalue weighted by Crippen LogP contribution is -2.37. The maximum absolute atomic E-state index is 12.8. The Morgan fingerprint density at radius 1 is 0.838 bits per heavy atom. The molecule has 0 radical (unpaired) electrons. The second kappa shape index (κ2) is 16.1. The molecule has 2 aromatic carbocycles. The van der Waals surface area contributed by atoms with Crippen molar-refractivity contribution in [1.29, 1.82) is 0 Å². The Morgan fingerprint density at radius 2 is 1.35 bits per heavy atom. The number of nitrogens with one attached hydrogen (secondary N) is 1. The third-order valence-corrected chi connectivity index (χ3v) is 5.56. The van der Waals surface area contributed by atoms with Crippen molar-refractivity contribution >= 4 is 6.09 Å². The normalized spacial score (nSPS) is 10.8. The van der Waals surface area contributed by atoms with Gasteiger partial charge >= 0.3 is 6.09 Å². The second-order valence-electron chi connectivity index (χ2n) is 9.90. The van der Waals surface area contributed by atoms with Crippen LogP contribution in [-0.2, 0) is 30.9 Å². The molecule has 10 nitrogen and oxygen atoms in total. The first-order chi connectivity index (χ1) is 17.8. The Balaban J connectivity index is 1.73. The number of hydrogen-bond donors (Lipinski definition) is 1. The molecule has 0 saturated heterocycles. The first-order valence-electron chi connectivity index (χ1n) is 12.7. The number of nitrogens with zero attached hydrogens (tertiary/aromatic N) is 7. The summed E-state index contributed by atoms with van der Waals surface area (Å²) >= 11 is 0. The first-order valence-corrected chi connectivity index (χ1v) is 12.7. The van der Waals surface area contributed by atoms with E-state index < -0.39 is 5.60 Å². The van der Waals surface area contributed by atoms with Crippen molar-refractivity contribution in [3.63, 3.8) is 0 Å². The number of amides is 1. The van der Waals surface area contributed by atoms with Crippen molar-refractivity contribution < 1.29 is 9.53 Å². The number of azide groups is 2. The van der Waals surface area contributed by atoms with Crippen molar-refractivity contribution in [2.75, 3.05) is 13.1 Å². The van der Waals surface area contributed by atoms with Crippen molar-refractivity contribution in [2.45, 2.75) is 78.2 Å². The SMILES string of the molecule is CC(C)(C)OC(=O)N(CCCCCCNCc1ccc(CN=[N+]=[N-])cc1)Cc1ccc(CN=[N+]=[N-])cc1.